The molecule has 2 N–H and O–H groups in total. The third-order valence-electron chi connectivity index (χ3n) is 1.95. The summed E-state index contributed by atoms with van der Waals surface area (Å²) in [4.78, 5) is 0.665. The van der Waals surface area contributed by atoms with Crippen molar-refractivity contribution in [2.75, 3.05) is 0 Å². The van der Waals surface area contributed by atoms with E-state index in [0.29, 0.717) is 4.90 Å². The highest BCUT2D eigenvalue weighted by molar-refractivity contribution is 7.82. The fourth-order valence-electron chi connectivity index (χ4n) is 1.29. The van der Waals surface area contributed by atoms with Gasteiger partial charge >= 0.3 is 0 Å². The minimum Gasteiger partial charge on any atom is -0.248 e. The average Bonchev–Trinajstić information content (AvgIpc) is 2.42. The lowest BCUT2D eigenvalue weighted by Crippen LogP contribution is -2.01. The van der Waals surface area contributed by atoms with E-state index in [2.05, 4.69) is 0 Å². The van der Waals surface area contributed by atoms with Crippen molar-refractivity contribution in [1.82, 2.24) is 0 Å². The van der Waals surface area contributed by atoms with E-state index in [0.717, 1.165) is 10.8 Å². The Bertz CT molecular complexity index is 468. The lowest BCUT2D eigenvalue weighted by molar-refractivity contribution is 0.684. The van der Waals surface area contributed by atoms with Gasteiger partial charge in [0.25, 0.3) is 0 Å². The van der Waals surface area contributed by atoms with E-state index >= 15 is 0 Å². The third-order valence-corrected chi connectivity index (χ3v) is 2.67. The maximum absolute atomic E-state index is 11.0. The van der Waals surface area contributed by atoms with Gasteiger partial charge in [-0.15, -0.1) is 0 Å². The van der Waals surface area contributed by atoms with Crippen LogP contribution in [0, 0.1) is 0 Å². The number of fused-ring (bicyclic) bond motifs is 1. The van der Waals surface area contributed by atoms with Gasteiger partial charge in [-0.25, -0.2) is 9.35 Å². The molecular formula is C14H21NOS. The first kappa shape index (κ1) is 15.8. The number of hydrogen-bond acceptors (Lipinski definition) is 1. The van der Waals surface area contributed by atoms with Crippen molar-refractivity contribution in [2.24, 2.45) is 5.14 Å². The first-order chi connectivity index (χ1) is 8.27. The summed E-state index contributed by atoms with van der Waals surface area (Å²) in [7, 11) is -1.38. The first-order valence-electron chi connectivity index (χ1n) is 5.92. The van der Waals surface area contributed by atoms with Gasteiger partial charge in [-0.3, -0.25) is 0 Å². The standard InChI is InChI=1S/C10H9NOS.2C2H6/c11-13(12)10-6-5-8-3-1-2-4-9(8)7-10;2*1-2/h1-7H,11H2;2*1-2H3. The summed E-state index contributed by atoms with van der Waals surface area (Å²) in [6.45, 7) is 8.00. The van der Waals surface area contributed by atoms with Gasteiger partial charge in [0, 0.05) is 0 Å². The summed E-state index contributed by atoms with van der Waals surface area (Å²) >= 11 is 0. The molecule has 0 aliphatic heterocycles. The van der Waals surface area contributed by atoms with Crippen LogP contribution in [-0.2, 0) is 11.0 Å². The Morgan fingerprint density at radius 2 is 1.41 bits per heavy atom. The van der Waals surface area contributed by atoms with E-state index < -0.39 is 11.0 Å². The highest BCUT2D eigenvalue weighted by atomic mass is 32.2. The lowest BCUT2D eigenvalue weighted by Gasteiger charge is -1.99. The van der Waals surface area contributed by atoms with E-state index in [1.807, 2.05) is 64.1 Å². The molecule has 94 valence electrons. The molecule has 2 aromatic carbocycles. The Morgan fingerprint density at radius 1 is 0.882 bits per heavy atom. The number of benzene rings is 2. The molecule has 0 aliphatic rings. The van der Waals surface area contributed by atoms with Crippen LogP contribution in [0.2, 0.25) is 0 Å². The van der Waals surface area contributed by atoms with Crippen molar-refractivity contribution in [3.8, 4) is 0 Å². The van der Waals surface area contributed by atoms with Gasteiger partial charge in [0.2, 0.25) is 0 Å². The summed E-state index contributed by atoms with van der Waals surface area (Å²) in [5, 5.41) is 7.48. The molecule has 0 saturated carbocycles. The van der Waals surface area contributed by atoms with Crippen LogP contribution in [0.4, 0.5) is 0 Å². The zero-order valence-corrected chi connectivity index (χ0v) is 11.8. The number of nitrogens with two attached hydrogens (primary N) is 1. The molecule has 1 unspecified atom stereocenters. The number of rotatable bonds is 1. The second-order valence-electron chi connectivity index (χ2n) is 2.81. The Balaban J connectivity index is 0.000000581. The van der Waals surface area contributed by atoms with Gasteiger partial charge < -0.3 is 0 Å². The quantitative estimate of drug-likeness (QED) is 0.821. The van der Waals surface area contributed by atoms with E-state index in [4.69, 9.17) is 5.14 Å². The molecule has 0 aromatic heterocycles. The molecule has 2 rings (SSSR count). The SMILES string of the molecule is CC.CC.NS(=O)c1ccc2ccccc2c1. The Labute approximate surface area is 106 Å². The van der Waals surface area contributed by atoms with E-state index in [9.17, 15) is 4.21 Å². The van der Waals surface area contributed by atoms with E-state index in [-0.39, 0.29) is 0 Å². The minimum atomic E-state index is -1.38. The van der Waals surface area contributed by atoms with Crippen LogP contribution >= 0.6 is 0 Å². The molecule has 2 nitrogen and oxygen atoms in total. The van der Waals surface area contributed by atoms with Crippen molar-refractivity contribution in [2.45, 2.75) is 32.6 Å². The van der Waals surface area contributed by atoms with Crippen LogP contribution in [0.15, 0.2) is 47.4 Å². The van der Waals surface area contributed by atoms with Crippen LogP contribution in [0.3, 0.4) is 0 Å². The van der Waals surface area contributed by atoms with Crippen LogP contribution in [0.25, 0.3) is 10.8 Å². The predicted octanol–water partition coefficient (Wildman–Crippen LogP) is 3.87. The molecule has 0 amide bonds. The fraction of sp³-hybridized carbons (Fsp3) is 0.286. The zero-order chi connectivity index (χ0) is 13.3. The van der Waals surface area contributed by atoms with Gasteiger partial charge in [0.1, 0.15) is 11.0 Å². The van der Waals surface area contributed by atoms with Crippen LogP contribution < -0.4 is 5.14 Å². The molecule has 17 heavy (non-hydrogen) atoms. The van der Waals surface area contributed by atoms with Crippen molar-refractivity contribution in [1.29, 1.82) is 0 Å². The summed E-state index contributed by atoms with van der Waals surface area (Å²) in [5.41, 5.74) is 0. The zero-order valence-electron chi connectivity index (χ0n) is 10.9. The second-order valence-corrected chi connectivity index (χ2v) is 3.87. The second kappa shape index (κ2) is 8.90. The van der Waals surface area contributed by atoms with Crippen molar-refractivity contribution in [3.63, 3.8) is 0 Å². The first-order valence-corrected chi connectivity index (χ1v) is 7.13. The maximum Gasteiger partial charge on any atom is 0.122 e. The van der Waals surface area contributed by atoms with Gasteiger partial charge in [-0.2, -0.15) is 0 Å². The van der Waals surface area contributed by atoms with E-state index in [1.165, 1.54) is 0 Å². The number of hydrogen-bond donors (Lipinski definition) is 1. The van der Waals surface area contributed by atoms with Gasteiger partial charge in [0.15, 0.2) is 0 Å². The highest BCUT2D eigenvalue weighted by Crippen LogP contribution is 2.16. The molecule has 0 saturated heterocycles. The predicted molar refractivity (Wildman–Crippen MR) is 77.2 cm³/mol. The molecule has 3 heteroatoms. The highest BCUT2D eigenvalue weighted by Gasteiger charge is 1.98. The van der Waals surface area contributed by atoms with Crippen LogP contribution in [0.5, 0.6) is 0 Å². The smallest absolute Gasteiger partial charge is 0.122 e. The summed E-state index contributed by atoms with van der Waals surface area (Å²) in [6.07, 6.45) is 0. The van der Waals surface area contributed by atoms with E-state index in [1.54, 1.807) is 6.07 Å². The summed E-state index contributed by atoms with van der Waals surface area (Å²) in [5.74, 6) is 0. The van der Waals surface area contributed by atoms with Crippen molar-refractivity contribution >= 4 is 21.8 Å². The van der Waals surface area contributed by atoms with Crippen LogP contribution in [-0.4, -0.2) is 4.21 Å². The molecular weight excluding hydrogens is 230 g/mol. The summed E-state index contributed by atoms with van der Waals surface area (Å²) < 4.78 is 11.0. The van der Waals surface area contributed by atoms with Crippen LogP contribution in [0.1, 0.15) is 27.7 Å². The topological polar surface area (TPSA) is 43.1 Å². The molecule has 0 radical (unpaired) electrons. The molecule has 0 heterocycles. The average molecular weight is 251 g/mol. The minimum absolute atomic E-state index is 0.665. The monoisotopic (exact) mass is 251 g/mol. The van der Waals surface area contributed by atoms with Crippen molar-refractivity contribution in [3.05, 3.63) is 42.5 Å². The molecule has 0 fully saturated rings. The van der Waals surface area contributed by atoms with Gasteiger partial charge in [-0.1, -0.05) is 58.0 Å². The molecule has 2 aromatic rings. The fourth-order valence-corrected chi connectivity index (χ4v) is 1.74. The molecule has 1 atom stereocenters. The lowest BCUT2D eigenvalue weighted by atomic mass is 10.1. The largest absolute Gasteiger partial charge is 0.248 e. The molecule has 0 aliphatic carbocycles. The van der Waals surface area contributed by atoms with Gasteiger partial charge in [0.05, 0.1) is 4.90 Å². The maximum atomic E-state index is 11.0. The molecule has 0 bridgehead atoms. The Hall–Kier alpha value is -1.19. The molecule has 0 spiro atoms. The normalized spacial score (nSPS) is 10.6. The Kier molecular flexibility index (Phi) is 8.28. The summed E-state index contributed by atoms with van der Waals surface area (Å²) in [6, 6.07) is 13.5. The van der Waals surface area contributed by atoms with Gasteiger partial charge in [-0.05, 0) is 22.9 Å². The Morgan fingerprint density at radius 3 is 1.94 bits per heavy atom. The third kappa shape index (κ3) is 4.67. The van der Waals surface area contributed by atoms with Crippen molar-refractivity contribution < 1.29 is 4.21 Å².